The SMILES string of the molecule is CCCn1nc(C(=O)NCc2nc3ccccc3n2C)ccc1=O. The van der Waals surface area contributed by atoms with Crippen LogP contribution in [0.5, 0.6) is 0 Å². The third-order valence-corrected chi connectivity index (χ3v) is 3.82. The van der Waals surface area contributed by atoms with Crippen molar-refractivity contribution >= 4 is 16.9 Å². The summed E-state index contributed by atoms with van der Waals surface area (Å²) in [6, 6.07) is 10.6. The van der Waals surface area contributed by atoms with Crippen LogP contribution in [-0.4, -0.2) is 25.2 Å². The maximum atomic E-state index is 12.3. The fraction of sp³-hybridized carbons (Fsp3) is 0.294. The number of fused-ring (bicyclic) bond motifs is 1. The van der Waals surface area contributed by atoms with Gasteiger partial charge < -0.3 is 9.88 Å². The van der Waals surface area contributed by atoms with Gasteiger partial charge in [-0.05, 0) is 24.6 Å². The van der Waals surface area contributed by atoms with E-state index in [9.17, 15) is 9.59 Å². The van der Waals surface area contributed by atoms with Crippen molar-refractivity contribution in [2.75, 3.05) is 0 Å². The third kappa shape index (κ3) is 3.05. The number of hydrogen-bond acceptors (Lipinski definition) is 4. The van der Waals surface area contributed by atoms with E-state index in [1.54, 1.807) is 0 Å². The molecule has 1 aromatic carbocycles. The summed E-state index contributed by atoms with van der Waals surface area (Å²) in [7, 11) is 1.91. The molecule has 0 aliphatic heterocycles. The van der Waals surface area contributed by atoms with Crippen molar-refractivity contribution in [2.24, 2.45) is 7.05 Å². The third-order valence-electron chi connectivity index (χ3n) is 3.82. The predicted octanol–water partition coefficient (Wildman–Crippen LogP) is 1.47. The number of imidazole rings is 1. The van der Waals surface area contributed by atoms with Gasteiger partial charge in [0, 0.05) is 19.7 Å². The minimum atomic E-state index is -0.327. The Morgan fingerprint density at radius 1 is 1.21 bits per heavy atom. The molecule has 0 unspecified atom stereocenters. The number of hydrogen-bond donors (Lipinski definition) is 1. The molecule has 124 valence electrons. The lowest BCUT2D eigenvalue weighted by atomic mass is 10.3. The summed E-state index contributed by atoms with van der Waals surface area (Å²) >= 11 is 0. The Balaban J connectivity index is 1.76. The van der Waals surface area contributed by atoms with E-state index < -0.39 is 0 Å². The quantitative estimate of drug-likeness (QED) is 0.770. The van der Waals surface area contributed by atoms with Crippen molar-refractivity contribution in [1.29, 1.82) is 0 Å². The van der Waals surface area contributed by atoms with Crippen LogP contribution in [0.15, 0.2) is 41.2 Å². The molecule has 3 rings (SSSR count). The molecule has 0 spiro atoms. The van der Waals surface area contributed by atoms with E-state index in [1.165, 1.54) is 16.8 Å². The predicted molar refractivity (Wildman–Crippen MR) is 90.7 cm³/mol. The van der Waals surface area contributed by atoms with Crippen molar-refractivity contribution in [1.82, 2.24) is 24.6 Å². The van der Waals surface area contributed by atoms with Gasteiger partial charge in [0.25, 0.3) is 11.5 Å². The zero-order valence-electron chi connectivity index (χ0n) is 13.7. The zero-order valence-corrected chi connectivity index (χ0v) is 13.7. The first kappa shape index (κ1) is 15.9. The van der Waals surface area contributed by atoms with Crippen molar-refractivity contribution in [2.45, 2.75) is 26.4 Å². The molecule has 24 heavy (non-hydrogen) atoms. The van der Waals surface area contributed by atoms with Crippen LogP contribution in [-0.2, 0) is 20.1 Å². The summed E-state index contributed by atoms with van der Waals surface area (Å²) in [5.74, 6) is 0.429. The number of carbonyl (C=O) groups excluding carboxylic acids is 1. The number of nitrogens with zero attached hydrogens (tertiary/aromatic N) is 4. The standard InChI is InChI=1S/C17H19N5O2/c1-3-10-22-16(23)9-8-13(20-22)17(24)18-11-15-19-12-6-4-5-7-14(12)21(15)2/h4-9H,3,10-11H2,1-2H3,(H,18,24). The Morgan fingerprint density at radius 3 is 2.75 bits per heavy atom. The fourth-order valence-electron chi connectivity index (χ4n) is 2.55. The number of aryl methyl sites for hydroxylation is 2. The van der Waals surface area contributed by atoms with E-state index in [0.717, 1.165) is 23.3 Å². The van der Waals surface area contributed by atoms with E-state index in [0.29, 0.717) is 13.1 Å². The molecule has 1 amide bonds. The number of aromatic nitrogens is 4. The van der Waals surface area contributed by atoms with Gasteiger partial charge >= 0.3 is 0 Å². The second kappa shape index (κ2) is 6.66. The molecule has 0 aliphatic rings. The number of rotatable bonds is 5. The number of amides is 1. The van der Waals surface area contributed by atoms with Crippen LogP contribution in [0.2, 0.25) is 0 Å². The normalized spacial score (nSPS) is 10.9. The van der Waals surface area contributed by atoms with Gasteiger partial charge in [0.05, 0.1) is 17.6 Å². The lowest BCUT2D eigenvalue weighted by molar-refractivity contribution is 0.0942. The molecule has 7 nitrogen and oxygen atoms in total. The maximum Gasteiger partial charge on any atom is 0.272 e. The molecule has 7 heteroatoms. The highest BCUT2D eigenvalue weighted by Gasteiger charge is 2.12. The highest BCUT2D eigenvalue weighted by Crippen LogP contribution is 2.13. The molecule has 2 heterocycles. The molecule has 0 radical (unpaired) electrons. The second-order valence-electron chi connectivity index (χ2n) is 5.54. The highest BCUT2D eigenvalue weighted by atomic mass is 16.2. The summed E-state index contributed by atoms with van der Waals surface area (Å²) in [6.45, 7) is 2.73. The summed E-state index contributed by atoms with van der Waals surface area (Å²) in [6.07, 6.45) is 0.776. The minimum Gasteiger partial charge on any atom is -0.343 e. The van der Waals surface area contributed by atoms with Crippen LogP contribution in [0.1, 0.15) is 29.7 Å². The Hall–Kier alpha value is -2.96. The number of para-hydroxylation sites is 2. The summed E-state index contributed by atoms with van der Waals surface area (Å²) in [5.41, 5.74) is 1.92. The van der Waals surface area contributed by atoms with Gasteiger partial charge in [-0.2, -0.15) is 5.10 Å². The second-order valence-corrected chi connectivity index (χ2v) is 5.54. The molecule has 0 fully saturated rings. The zero-order chi connectivity index (χ0) is 17.1. The average Bonchev–Trinajstić information content (AvgIpc) is 2.91. The van der Waals surface area contributed by atoms with Gasteiger partial charge in [-0.15, -0.1) is 0 Å². The van der Waals surface area contributed by atoms with Crippen LogP contribution in [0.4, 0.5) is 0 Å². The molecule has 0 aliphatic carbocycles. The molecule has 0 atom stereocenters. The Bertz CT molecular complexity index is 942. The van der Waals surface area contributed by atoms with E-state index in [4.69, 9.17) is 0 Å². The summed E-state index contributed by atoms with van der Waals surface area (Å²) < 4.78 is 3.25. The van der Waals surface area contributed by atoms with Crippen LogP contribution >= 0.6 is 0 Å². The number of nitrogens with one attached hydrogen (secondary N) is 1. The van der Waals surface area contributed by atoms with Gasteiger partial charge in [-0.1, -0.05) is 19.1 Å². The number of benzene rings is 1. The first-order valence-electron chi connectivity index (χ1n) is 7.87. The molecule has 1 N–H and O–H groups in total. The van der Waals surface area contributed by atoms with Crippen molar-refractivity contribution in [3.05, 3.63) is 58.3 Å². The van der Waals surface area contributed by atoms with E-state index in [1.807, 2.05) is 42.8 Å². The Labute approximate surface area is 138 Å². The Morgan fingerprint density at radius 2 is 2.00 bits per heavy atom. The molecule has 2 aromatic heterocycles. The van der Waals surface area contributed by atoms with Crippen LogP contribution in [0.25, 0.3) is 11.0 Å². The molecule has 0 bridgehead atoms. The van der Waals surface area contributed by atoms with Crippen LogP contribution in [0, 0.1) is 0 Å². The summed E-state index contributed by atoms with van der Waals surface area (Å²) in [5, 5.41) is 6.91. The van der Waals surface area contributed by atoms with Crippen molar-refractivity contribution < 1.29 is 4.79 Å². The van der Waals surface area contributed by atoms with Crippen molar-refractivity contribution in [3.8, 4) is 0 Å². The minimum absolute atomic E-state index is 0.205. The van der Waals surface area contributed by atoms with Gasteiger partial charge in [0.1, 0.15) is 11.5 Å². The molecular formula is C17H19N5O2. The van der Waals surface area contributed by atoms with Gasteiger partial charge in [0.15, 0.2) is 0 Å². The smallest absolute Gasteiger partial charge is 0.272 e. The molecule has 3 aromatic rings. The molecular weight excluding hydrogens is 306 g/mol. The van der Waals surface area contributed by atoms with E-state index in [2.05, 4.69) is 15.4 Å². The average molecular weight is 325 g/mol. The monoisotopic (exact) mass is 325 g/mol. The van der Waals surface area contributed by atoms with Gasteiger partial charge in [-0.25, -0.2) is 9.67 Å². The molecule has 0 saturated heterocycles. The van der Waals surface area contributed by atoms with Crippen molar-refractivity contribution in [3.63, 3.8) is 0 Å². The number of carbonyl (C=O) groups is 1. The van der Waals surface area contributed by atoms with E-state index in [-0.39, 0.29) is 17.2 Å². The van der Waals surface area contributed by atoms with Crippen LogP contribution in [0.3, 0.4) is 0 Å². The Kier molecular flexibility index (Phi) is 4.41. The lowest BCUT2D eigenvalue weighted by Gasteiger charge is -2.07. The topological polar surface area (TPSA) is 81.8 Å². The maximum absolute atomic E-state index is 12.3. The summed E-state index contributed by atoms with van der Waals surface area (Å²) in [4.78, 5) is 28.5. The first-order valence-corrected chi connectivity index (χ1v) is 7.87. The first-order chi connectivity index (χ1) is 11.6. The highest BCUT2D eigenvalue weighted by molar-refractivity contribution is 5.92. The van der Waals surface area contributed by atoms with Gasteiger partial charge in [-0.3, -0.25) is 9.59 Å². The van der Waals surface area contributed by atoms with E-state index >= 15 is 0 Å². The van der Waals surface area contributed by atoms with Gasteiger partial charge in [0.2, 0.25) is 0 Å². The van der Waals surface area contributed by atoms with Crippen LogP contribution < -0.4 is 10.9 Å². The lowest BCUT2D eigenvalue weighted by Crippen LogP contribution is -2.30. The fourth-order valence-corrected chi connectivity index (χ4v) is 2.55. The largest absolute Gasteiger partial charge is 0.343 e. The molecule has 0 saturated carbocycles.